The number of hydrogen-bond donors (Lipinski definition) is 1. The van der Waals surface area contributed by atoms with Gasteiger partial charge < -0.3 is 5.32 Å². The minimum absolute atomic E-state index is 0.0168. The average Bonchev–Trinajstić information content (AvgIpc) is 2.16. The number of hydrogen-bond acceptors (Lipinski definition) is 6. The van der Waals surface area contributed by atoms with Crippen molar-refractivity contribution in [2.45, 2.75) is 6.92 Å². The molecular formula is C7H8N4O4. The summed E-state index contributed by atoms with van der Waals surface area (Å²) in [6, 6.07) is 0.897. The second kappa shape index (κ2) is 3.86. The van der Waals surface area contributed by atoms with Crippen LogP contribution in [0.1, 0.15) is 5.69 Å². The van der Waals surface area contributed by atoms with Gasteiger partial charge in [-0.25, -0.2) is 4.98 Å². The lowest BCUT2D eigenvalue weighted by Gasteiger charge is -2.02. The minimum atomic E-state index is -0.717. The van der Waals surface area contributed by atoms with Gasteiger partial charge >= 0.3 is 5.69 Å². The van der Waals surface area contributed by atoms with Crippen molar-refractivity contribution in [2.75, 3.05) is 12.4 Å². The molecule has 0 fully saturated rings. The molecule has 0 aliphatic heterocycles. The predicted octanol–water partition coefficient (Wildman–Crippen LogP) is 1.25. The van der Waals surface area contributed by atoms with E-state index in [0.717, 1.165) is 6.07 Å². The van der Waals surface area contributed by atoms with E-state index in [1.165, 1.54) is 14.0 Å². The van der Waals surface area contributed by atoms with E-state index < -0.39 is 15.5 Å². The first-order valence-electron chi connectivity index (χ1n) is 3.95. The van der Waals surface area contributed by atoms with Crippen molar-refractivity contribution in [2.24, 2.45) is 0 Å². The number of nitrogens with zero attached hydrogens (tertiary/aromatic N) is 3. The molecule has 8 nitrogen and oxygen atoms in total. The van der Waals surface area contributed by atoms with E-state index in [0.29, 0.717) is 0 Å². The number of nitro groups is 2. The Labute approximate surface area is 84.2 Å². The normalized spacial score (nSPS) is 9.73. The van der Waals surface area contributed by atoms with E-state index in [1.54, 1.807) is 0 Å². The molecule has 0 atom stereocenters. The minimum Gasteiger partial charge on any atom is -0.367 e. The van der Waals surface area contributed by atoms with Crippen LogP contribution in [0.3, 0.4) is 0 Å². The van der Waals surface area contributed by atoms with E-state index in [4.69, 9.17) is 0 Å². The van der Waals surface area contributed by atoms with E-state index >= 15 is 0 Å². The molecule has 8 heteroatoms. The molecule has 1 heterocycles. The standard InChI is InChI=1S/C7H8N4O4/c1-4-5(10(12)13)3-6(11(14)15)7(8-2)9-4/h3H,1-2H3,(H,8,9). The molecule has 0 amide bonds. The van der Waals surface area contributed by atoms with Gasteiger partial charge in [-0.1, -0.05) is 0 Å². The van der Waals surface area contributed by atoms with Crippen LogP contribution in [0, 0.1) is 27.2 Å². The first kappa shape index (κ1) is 10.8. The van der Waals surface area contributed by atoms with E-state index in [2.05, 4.69) is 10.3 Å². The summed E-state index contributed by atoms with van der Waals surface area (Å²) in [5.74, 6) is 0.0168. The highest BCUT2D eigenvalue weighted by atomic mass is 16.6. The summed E-state index contributed by atoms with van der Waals surface area (Å²) in [6.07, 6.45) is 0. The number of rotatable bonds is 3. The van der Waals surface area contributed by atoms with Crippen molar-refractivity contribution in [1.82, 2.24) is 4.98 Å². The van der Waals surface area contributed by atoms with Crippen LogP contribution in [0.2, 0.25) is 0 Å². The Bertz CT molecular complexity index is 431. The average molecular weight is 212 g/mol. The molecule has 0 bridgehead atoms. The largest absolute Gasteiger partial charge is 0.367 e. The molecule has 80 valence electrons. The zero-order valence-corrected chi connectivity index (χ0v) is 8.05. The maximum Gasteiger partial charge on any atom is 0.318 e. The Morgan fingerprint density at radius 1 is 1.27 bits per heavy atom. The lowest BCUT2D eigenvalue weighted by atomic mass is 10.3. The fraction of sp³-hybridized carbons (Fsp3) is 0.286. The van der Waals surface area contributed by atoms with Gasteiger partial charge in [-0.05, 0) is 6.92 Å². The van der Waals surface area contributed by atoms with Crippen LogP contribution < -0.4 is 5.32 Å². The maximum atomic E-state index is 10.6. The van der Waals surface area contributed by atoms with Gasteiger partial charge in [0.25, 0.3) is 5.69 Å². The van der Waals surface area contributed by atoms with Crippen LogP contribution in [0.5, 0.6) is 0 Å². The molecule has 1 aromatic heterocycles. The third-order valence-corrected chi connectivity index (χ3v) is 1.80. The van der Waals surface area contributed by atoms with Crippen LogP contribution in [-0.4, -0.2) is 21.9 Å². The van der Waals surface area contributed by atoms with E-state index in [-0.39, 0.29) is 17.2 Å². The van der Waals surface area contributed by atoms with Crippen LogP contribution in [0.25, 0.3) is 0 Å². The Morgan fingerprint density at radius 3 is 2.20 bits per heavy atom. The summed E-state index contributed by atoms with van der Waals surface area (Å²) in [7, 11) is 1.46. The van der Waals surface area contributed by atoms with Crippen LogP contribution in [-0.2, 0) is 0 Å². The monoisotopic (exact) mass is 212 g/mol. The molecule has 1 rings (SSSR count). The Kier molecular flexibility index (Phi) is 2.79. The molecule has 0 aromatic carbocycles. The number of aryl methyl sites for hydroxylation is 1. The molecule has 0 unspecified atom stereocenters. The summed E-state index contributed by atoms with van der Waals surface area (Å²) in [4.78, 5) is 23.4. The number of aromatic nitrogens is 1. The molecule has 15 heavy (non-hydrogen) atoms. The van der Waals surface area contributed by atoms with Gasteiger partial charge in [0.2, 0.25) is 5.82 Å². The van der Waals surface area contributed by atoms with Gasteiger partial charge in [-0.2, -0.15) is 0 Å². The summed E-state index contributed by atoms with van der Waals surface area (Å²) < 4.78 is 0. The second-order valence-electron chi connectivity index (χ2n) is 2.72. The summed E-state index contributed by atoms with van der Waals surface area (Å²) in [5.41, 5.74) is -0.634. The molecule has 0 saturated heterocycles. The summed E-state index contributed by atoms with van der Waals surface area (Å²) in [6.45, 7) is 1.42. The van der Waals surface area contributed by atoms with E-state index in [9.17, 15) is 20.2 Å². The number of nitrogens with one attached hydrogen (secondary N) is 1. The topological polar surface area (TPSA) is 111 Å². The molecule has 0 spiro atoms. The van der Waals surface area contributed by atoms with Gasteiger partial charge in [0.15, 0.2) is 0 Å². The molecule has 0 radical (unpaired) electrons. The fourth-order valence-electron chi connectivity index (χ4n) is 1.09. The van der Waals surface area contributed by atoms with Gasteiger partial charge in [0.05, 0.1) is 15.9 Å². The van der Waals surface area contributed by atoms with E-state index in [1.807, 2.05) is 0 Å². The SMILES string of the molecule is CNc1nc(C)c([N+](=O)[O-])cc1[N+](=O)[O-]. The zero-order valence-electron chi connectivity index (χ0n) is 8.05. The third-order valence-electron chi connectivity index (χ3n) is 1.80. The van der Waals surface area contributed by atoms with Crippen molar-refractivity contribution in [3.8, 4) is 0 Å². The highest BCUT2D eigenvalue weighted by molar-refractivity contribution is 5.61. The molecule has 0 aliphatic rings. The smallest absolute Gasteiger partial charge is 0.318 e. The highest BCUT2D eigenvalue weighted by Gasteiger charge is 2.23. The van der Waals surface area contributed by atoms with Gasteiger partial charge in [0.1, 0.15) is 5.69 Å². The van der Waals surface area contributed by atoms with Crippen LogP contribution in [0.4, 0.5) is 17.2 Å². The molecular weight excluding hydrogens is 204 g/mol. The Hall–Kier alpha value is -2.25. The first-order valence-corrected chi connectivity index (χ1v) is 3.95. The lowest BCUT2D eigenvalue weighted by molar-refractivity contribution is -0.394. The lowest BCUT2D eigenvalue weighted by Crippen LogP contribution is -2.03. The van der Waals surface area contributed by atoms with Crippen LogP contribution in [0.15, 0.2) is 6.07 Å². The Balaban J connectivity index is 3.43. The van der Waals surface area contributed by atoms with Crippen LogP contribution >= 0.6 is 0 Å². The number of anilines is 1. The maximum absolute atomic E-state index is 10.6. The summed E-state index contributed by atoms with van der Waals surface area (Å²) >= 11 is 0. The predicted molar refractivity (Wildman–Crippen MR) is 51.8 cm³/mol. The molecule has 1 aromatic rings. The molecule has 0 saturated carbocycles. The van der Waals surface area contributed by atoms with Gasteiger partial charge in [-0.15, -0.1) is 0 Å². The van der Waals surface area contributed by atoms with Crippen molar-refractivity contribution in [3.05, 3.63) is 32.0 Å². The van der Waals surface area contributed by atoms with Crippen molar-refractivity contribution in [3.63, 3.8) is 0 Å². The molecule has 0 aliphatic carbocycles. The highest BCUT2D eigenvalue weighted by Crippen LogP contribution is 2.28. The van der Waals surface area contributed by atoms with Crippen molar-refractivity contribution >= 4 is 17.2 Å². The zero-order chi connectivity index (χ0) is 11.6. The van der Waals surface area contributed by atoms with Crippen molar-refractivity contribution < 1.29 is 9.85 Å². The van der Waals surface area contributed by atoms with Crippen molar-refractivity contribution in [1.29, 1.82) is 0 Å². The Morgan fingerprint density at radius 2 is 1.80 bits per heavy atom. The quantitative estimate of drug-likeness (QED) is 0.596. The third kappa shape index (κ3) is 1.98. The van der Waals surface area contributed by atoms with Gasteiger partial charge in [0, 0.05) is 7.05 Å². The second-order valence-corrected chi connectivity index (χ2v) is 2.72. The number of pyridine rings is 1. The summed E-state index contributed by atoms with van der Waals surface area (Å²) in [5, 5.41) is 23.6. The van der Waals surface area contributed by atoms with Gasteiger partial charge in [-0.3, -0.25) is 20.2 Å². The fourth-order valence-corrected chi connectivity index (χ4v) is 1.09. The first-order chi connectivity index (χ1) is 6.97. The molecule has 1 N–H and O–H groups in total.